The van der Waals surface area contributed by atoms with Gasteiger partial charge in [-0.05, 0) is 30.0 Å². The number of rotatable bonds is 5. The van der Waals surface area contributed by atoms with Gasteiger partial charge in [-0.3, -0.25) is 23.4 Å². The Morgan fingerprint density at radius 1 is 0.970 bits per heavy atom. The molecule has 0 saturated carbocycles. The summed E-state index contributed by atoms with van der Waals surface area (Å²) in [6.07, 6.45) is 2.46. The molecule has 0 fully saturated rings. The Morgan fingerprint density at radius 2 is 1.70 bits per heavy atom. The van der Waals surface area contributed by atoms with E-state index in [9.17, 15) is 14.4 Å². The summed E-state index contributed by atoms with van der Waals surface area (Å²) in [4.78, 5) is 41.6. The Hall–Kier alpha value is -3.94. The maximum atomic E-state index is 13.4. The third kappa shape index (κ3) is 3.88. The number of carbonyl (C=O) groups excluding carboxylic acids is 1. The number of amides is 1. The predicted molar refractivity (Wildman–Crippen MR) is 125 cm³/mol. The van der Waals surface area contributed by atoms with Crippen LogP contribution in [0, 0.1) is 0 Å². The number of fused-ring (bicyclic) bond motifs is 2. The SMILES string of the molecule is CCn1cc2c(n1)c(=O)n(Cc1ccccc1)c(=O)n2CC(=O)N1CCc2ccccc2C1. The van der Waals surface area contributed by atoms with Crippen LogP contribution in [0.25, 0.3) is 11.0 Å². The van der Waals surface area contributed by atoms with Crippen LogP contribution in [0.4, 0.5) is 0 Å². The molecule has 4 aromatic rings. The van der Waals surface area contributed by atoms with Crippen molar-refractivity contribution in [3.63, 3.8) is 0 Å². The summed E-state index contributed by atoms with van der Waals surface area (Å²) >= 11 is 0. The van der Waals surface area contributed by atoms with E-state index in [0.29, 0.717) is 25.2 Å². The molecule has 0 N–H and O–H groups in total. The van der Waals surface area contributed by atoms with E-state index < -0.39 is 11.2 Å². The van der Waals surface area contributed by atoms with Crippen molar-refractivity contribution in [3.05, 3.63) is 98.3 Å². The molecule has 1 amide bonds. The monoisotopic (exact) mass is 443 g/mol. The Morgan fingerprint density at radius 3 is 2.45 bits per heavy atom. The standard InChI is InChI=1S/C25H25N5O3/c1-2-28-16-21-23(26-28)24(32)30(14-18-8-4-3-5-9-18)25(33)29(21)17-22(31)27-13-12-19-10-6-7-11-20(19)15-27/h3-11,16H,2,12-15,17H2,1H3. The number of aromatic nitrogens is 4. The van der Waals surface area contributed by atoms with Crippen molar-refractivity contribution in [3.8, 4) is 0 Å². The van der Waals surface area contributed by atoms with Gasteiger partial charge in [0.1, 0.15) is 6.54 Å². The molecule has 0 spiro atoms. The zero-order chi connectivity index (χ0) is 22.9. The van der Waals surface area contributed by atoms with Gasteiger partial charge in [0.15, 0.2) is 5.52 Å². The van der Waals surface area contributed by atoms with Crippen LogP contribution in [0.3, 0.4) is 0 Å². The highest BCUT2D eigenvalue weighted by molar-refractivity contribution is 5.80. The number of nitrogens with zero attached hydrogens (tertiary/aromatic N) is 5. The first-order chi connectivity index (χ1) is 16.0. The molecule has 0 aliphatic carbocycles. The second-order valence-electron chi connectivity index (χ2n) is 8.30. The van der Waals surface area contributed by atoms with Crippen LogP contribution < -0.4 is 11.2 Å². The molecule has 2 aromatic heterocycles. The summed E-state index contributed by atoms with van der Waals surface area (Å²) < 4.78 is 4.18. The molecule has 8 nitrogen and oxygen atoms in total. The first-order valence-corrected chi connectivity index (χ1v) is 11.1. The molecule has 1 aliphatic rings. The lowest BCUT2D eigenvalue weighted by Gasteiger charge is -2.29. The fourth-order valence-electron chi connectivity index (χ4n) is 4.39. The minimum absolute atomic E-state index is 0.124. The molecule has 168 valence electrons. The largest absolute Gasteiger partial charge is 0.336 e. The number of aryl methyl sites for hydroxylation is 1. The van der Waals surface area contributed by atoms with E-state index in [1.807, 2.05) is 55.5 Å². The van der Waals surface area contributed by atoms with E-state index in [1.165, 1.54) is 14.7 Å². The van der Waals surface area contributed by atoms with Gasteiger partial charge in [0, 0.05) is 25.8 Å². The lowest BCUT2D eigenvalue weighted by atomic mass is 10.00. The minimum Gasteiger partial charge on any atom is -0.336 e. The minimum atomic E-state index is -0.502. The van der Waals surface area contributed by atoms with Gasteiger partial charge in [-0.1, -0.05) is 54.6 Å². The number of hydrogen-bond acceptors (Lipinski definition) is 4. The van der Waals surface area contributed by atoms with Crippen LogP contribution in [0.1, 0.15) is 23.6 Å². The molecule has 0 radical (unpaired) electrons. The van der Waals surface area contributed by atoms with Crippen LogP contribution in [-0.4, -0.2) is 36.3 Å². The smallest absolute Gasteiger partial charge is 0.332 e. The van der Waals surface area contributed by atoms with Crippen molar-refractivity contribution in [2.24, 2.45) is 0 Å². The molecule has 0 bridgehead atoms. The zero-order valence-corrected chi connectivity index (χ0v) is 18.5. The second kappa shape index (κ2) is 8.54. The Balaban J connectivity index is 1.54. The summed E-state index contributed by atoms with van der Waals surface area (Å²) in [5, 5.41) is 4.38. The number of carbonyl (C=O) groups is 1. The van der Waals surface area contributed by atoms with Crippen molar-refractivity contribution in [1.82, 2.24) is 23.8 Å². The fraction of sp³-hybridized carbons (Fsp3) is 0.280. The molecule has 0 unspecified atom stereocenters. The highest BCUT2D eigenvalue weighted by atomic mass is 16.2. The van der Waals surface area contributed by atoms with E-state index in [2.05, 4.69) is 11.2 Å². The maximum Gasteiger partial charge on any atom is 0.332 e. The summed E-state index contributed by atoms with van der Waals surface area (Å²) in [7, 11) is 0. The van der Waals surface area contributed by atoms with Crippen molar-refractivity contribution in [1.29, 1.82) is 0 Å². The topological polar surface area (TPSA) is 82.1 Å². The van der Waals surface area contributed by atoms with Gasteiger partial charge in [0.25, 0.3) is 5.56 Å². The summed E-state index contributed by atoms with van der Waals surface area (Å²) in [5.74, 6) is -0.151. The summed E-state index contributed by atoms with van der Waals surface area (Å²) in [6, 6.07) is 17.4. The van der Waals surface area contributed by atoms with E-state index in [4.69, 9.17) is 0 Å². The molecular weight excluding hydrogens is 418 g/mol. The molecule has 3 heterocycles. The van der Waals surface area contributed by atoms with Crippen LogP contribution in [0.5, 0.6) is 0 Å². The quantitative estimate of drug-likeness (QED) is 0.473. The highest BCUT2D eigenvalue weighted by Gasteiger charge is 2.24. The van der Waals surface area contributed by atoms with Gasteiger partial charge in [-0.2, -0.15) is 5.10 Å². The normalized spacial score (nSPS) is 13.3. The van der Waals surface area contributed by atoms with Crippen LogP contribution >= 0.6 is 0 Å². The van der Waals surface area contributed by atoms with Gasteiger partial charge in [0.05, 0.1) is 12.1 Å². The maximum absolute atomic E-state index is 13.4. The van der Waals surface area contributed by atoms with Crippen molar-refractivity contribution in [2.45, 2.75) is 39.5 Å². The van der Waals surface area contributed by atoms with E-state index in [-0.39, 0.29) is 24.5 Å². The van der Waals surface area contributed by atoms with E-state index in [0.717, 1.165) is 17.5 Å². The average Bonchev–Trinajstić information content (AvgIpc) is 3.29. The lowest BCUT2D eigenvalue weighted by molar-refractivity contribution is -0.132. The molecule has 5 rings (SSSR count). The number of benzene rings is 2. The van der Waals surface area contributed by atoms with Gasteiger partial charge in [0.2, 0.25) is 5.91 Å². The van der Waals surface area contributed by atoms with Crippen molar-refractivity contribution in [2.75, 3.05) is 6.54 Å². The zero-order valence-electron chi connectivity index (χ0n) is 18.5. The highest BCUT2D eigenvalue weighted by Crippen LogP contribution is 2.19. The molecular formula is C25H25N5O3. The predicted octanol–water partition coefficient (Wildman–Crippen LogP) is 2.01. The first kappa shape index (κ1) is 20.9. The van der Waals surface area contributed by atoms with E-state index >= 15 is 0 Å². The fourth-order valence-corrected chi connectivity index (χ4v) is 4.39. The third-order valence-corrected chi connectivity index (χ3v) is 6.23. The van der Waals surface area contributed by atoms with E-state index in [1.54, 1.807) is 15.8 Å². The first-order valence-electron chi connectivity index (χ1n) is 11.1. The van der Waals surface area contributed by atoms with Gasteiger partial charge >= 0.3 is 5.69 Å². The number of hydrogen-bond donors (Lipinski definition) is 0. The van der Waals surface area contributed by atoms with Crippen LogP contribution in [0.15, 0.2) is 70.4 Å². The molecule has 1 aliphatic heterocycles. The average molecular weight is 444 g/mol. The van der Waals surface area contributed by atoms with Crippen molar-refractivity contribution < 1.29 is 4.79 Å². The van der Waals surface area contributed by atoms with Crippen LogP contribution in [0.2, 0.25) is 0 Å². The Bertz CT molecular complexity index is 1450. The summed E-state index contributed by atoms with van der Waals surface area (Å²) in [6.45, 7) is 3.57. The third-order valence-electron chi connectivity index (χ3n) is 6.23. The molecule has 0 saturated heterocycles. The second-order valence-corrected chi connectivity index (χ2v) is 8.30. The Kier molecular flexibility index (Phi) is 5.42. The Labute approximate surface area is 190 Å². The lowest BCUT2D eigenvalue weighted by Crippen LogP contribution is -2.44. The van der Waals surface area contributed by atoms with Gasteiger partial charge < -0.3 is 4.90 Å². The molecule has 2 aromatic carbocycles. The van der Waals surface area contributed by atoms with Crippen LogP contribution in [-0.2, 0) is 37.4 Å². The van der Waals surface area contributed by atoms with Gasteiger partial charge in [-0.15, -0.1) is 0 Å². The summed E-state index contributed by atoms with van der Waals surface area (Å²) in [5.41, 5.74) is 2.85. The van der Waals surface area contributed by atoms with Gasteiger partial charge in [-0.25, -0.2) is 4.79 Å². The molecule has 8 heteroatoms. The molecule has 0 atom stereocenters. The van der Waals surface area contributed by atoms with Crippen molar-refractivity contribution >= 4 is 16.9 Å². The molecule has 33 heavy (non-hydrogen) atoms.